The molecule has 0 aromatic carbocycles. The van der Waals surface area contributed by atoms with E-state index in [1.807, 2.05) is 0 Å². The van der Waals surface area contributed by atoms with Crippen molar-refractivity contribution in [3.05, 3.63) is 0 Å². The van der Waals surface area contributed by atoms with E-state index in [-0.39, 0.29) is 11.7 Å². The van der Waals surface area contributed by atoms with Crippen molar-refractivity contribution < 1.29 is 9.53 Å². The predicted molar refractivity (Wildman–Crippen MR) is 73.7 cm³/mol. The lowest BCUT2D eigenvalue weighted by Gasteiger charge is -2.28. The minimum atomic E-state index is -0.221. The summed E-state index contributed by atoms with van der Waals surface area (Å²) in [6, 6.07) is 0. The van der Waals surface area contributed by atoms with Gasteiger partial charge in [-0.05, 0) is 31.6 Å². The first-order chi connectivity index (χ1) is 9.27. The van der Waals surface area contributed by atoms with Gasteiger partial charge in [-0.15, -0.1) is 0 Å². The summed E-state index contributed by atoms with van der Waals surface area (Å²) in [5.41, 5.74) is -0.221. The Balaban J connectivity index is 1.77. The highest BCUT2D eigenvalue weighted by Gasteiger charge is 2.53. The van der Waals surface area contributed by atoms with Crippen LogP contribution in [0.4, 0.5) is 0 Å². The Bertz CT molecular complexity index is 333. The fourth-order valence-corrected chi connectivity index (χ4v) is 4.24. The number of hydrogen-bond acceptors (Lipinski definition) is 3. The van der Waals surface area contributed by atoms with Crippen molar-refractivity contribution in [3.8, 4) is 0 Å². The molecule has 0 radical (unpaired) electrons. The van der Waals surface area contributed by atoms with Gasteiger partial charge in [-0.3, -0.25) is 10.1 Å². The standard InChI is InChI=1S/C15H26N2O2/c1-19-11-10-17-13(12-6-2-3-7-12)16-15(14(17)18)8-4-5-9-15/h12-13,16H,2-11H2,1H3. The molecule has 2 saturated carbocycles. The molecule has 1 unspecified atom stereocenters. The number of nitrogens with zero attached hydrogens (tertiary/aromatic N) is 1. The molecule has 3 fully saturated rings. The minimum absolute atomic E-state index is 0.221. The van der Waals surface area contributed by atoms with E-state index in [0.29, 0.717) is 18.4 Å². The third kappa shape index (κ3) is 2.29. The number of ether oxygens (including phenoxy) is 1. The number of methoxy groups -OCH3 is 1. The molecule has 1 heterocycles. The number of hydrogen-bond donors (Lipinski definition) is 1. The van der Waals surface area contributed by atoms with Crippen molar-refractivity contribution >= 4 is 5.91 Å². The summed E-state index contributed by atoms with van der Waals surface area (Å²) in [6.07, 6.45) is 9.88. The van der Waals surface area contributed by atoms with E-state index in [4.69, 9.17) is 4.74 Å². The van der Waals surface area contributed by atoms with E-state index < -0.39 is 0 Å². The average Bonchev–Trinajstić information content (AvgIpc) is 3.13. The first-order valence-electron chi connectivity index (χ1n) is 7.84. The average molecular weight is 266 g/mol. The first kappa shape index (κ1) is 13.4. The van der Waals surface area contributed by atoms with Gasteiger partial charge in [-0.2, -0.15) is 0 Å². The van der Waals surface area contributed by atoms with E-state index in [2.05, 4.69) is 10.2 Å². The Morgan fingerprint density at radius 3 is 2.58 bits per heavy atom. The van der Waals surface area contributed by atoms with Crippen LogP contribution < -0.4 is 5.32 Å². The second kappa shape index (κ2) is 5.41. The van der Waals surface area contributed by atoms with Gasteiger partial charge in [0, 0.05) is 13.7 Å². The molecule has 4 heteroatoms. The van der Waals surface area contributed by atoms with Gasteiger partial charge in [0.15, 0.2) is 0 Å². The third-order valence-electron chi connectivity index (χ3n) is 5.27. The Hall–Kier alpha value is -0.610. The first-order valence-corrected chi connectivity index (χ1v) is 7.84. The Labute approximate surface area is 115 Å². The van der Waals surface area contributed by atoms with E-state index in [0.717, 1.165) is 19.4 Å². The van der Waals surface area contributed by atoms with Crippen molar-refractivity contribution in [1.29, 1.82) is 0 Å². The molecule has 2 aliphatic carbocycles. The second-order valence-corrected chi connectivity index (χ2v) is 6.41. The fourth-order valence-electron chi connectivity index (χ4n) is 4.24. The molecular formula is C15H26N2O2. The van der Waals surface area contributed by atoms with Crippen LogP contribution in [0, 0.1) is 5.92 Å². The molecule has 0 aromatic heterocycles. The van der Waals surface area contributed by atoms with Crippen LogP contribution in [-0.4, -0.2) is 42.8 Å². The number of carbonyl (C=O) groups is 1. The van der Waals surface area contributed by atoms with Crippen LogP contribution in [0.25, 0.3) is 0 Å². The molecule has 0 bridgehead atoms. The summed E-state index contributed by atoms with van der Waals surface area (Å²) in [5.74, 6) is 1.000. The van der Waals surface area contributed by atoms with Crippen LogP contribution in [0.15, 0.2) is 0 Å². The molecular weight excluding hydrogens is 240 g/mol. The van der Waals surface area contributed by atoms with Crippen LogP contribution in [-0.2, 0) is 9.53 Å². The maximum absolute atomic E-state index is 12.8. The van der Waals surface area contributed by atoms with Gasteiger partial charge >= 0.3 is 0 Å². The molecule has 0 aromatic rings. The molecule has 1 amide bonds. The van der Waals surface area contributed by atoms with Gasteiger partial charge in [0.05, 0.1) is 18.3 Å². The second-order valence-electron chi connectivity index (χ2n) is 6.41. The zero-order valence-electron chi connectivity index (χ0n) is 12.0. The molecule has 19 heavy (non-hydrogen) atoms. The lowest BCUT2D eigenvalue weighted by Crippen LogP contribution is -2.46. The fraction of sp³-hybridized carbons (Fsp3) is 0.933. The Morgan fingerprint density at radius 2 is 1.95 bits per heavy atom. The molecule has 1 aliphatic heterocycles. The van der Waals surface area contributed by atoms with Crippen LogP contribution in [0.5, 0.6) is 0 Å². The third-order valence-corrected chi connectivity index (χ3v) is 5.27. The highest BCUT2D eigenvalue weighted by molar-refractivity contribution is 5.89. The smallest absolute Gasteiger partial charge is 0.244 e. The van der Waals surface area contributed by atoms with Crippen molar-refractivity contribution in [2.24, 2.45) is 5.92 Å². The summed E-state index contributed by atoms with van der Waals surface area (Å²) >= 11 is 0. The zero-order chi connectivity index (χ0) is 13.3. The summed E-state index contributed by atoms with van der Waals surface area (Å²) in [5, 5.41) is 3.74. The van der Waals surface area contributed by atoms with Crippen LogP contribution in [0.3, 0.4) is 0 Å². The number of rotatable bonds is 4. The largest absolute Gasteiger partial charge is 0.383 e. The van der Waals surface area contributed by atoms with Crippen LogP contribution >= 0.6 is 0 Å². The monoisotopic (exact) mass is 266 g/mol. The molecule has 1 atom stereocenters. The topological polar surface area (TPSA) is 41.6 Å². The quantitative estimate of drug-likeness (QED) is 0.845. The predicted octanol–water partition coefficient (Wildman–Crippen LogP) is 1.89. The van der Waals surface area contributed by atoms with Gasteiger partial charge in [-0.25, -0.2) is 0 Å². The molecule has 108 valence electrons. The molecule has 1 spiro atoms. The van der Waals surface area contributed by atoms with Gasteiger partial charge in [0.2, 0.25) is 5.91 Å². The van der Waals surface area contributed by atoms with E-state index >= 15 is 0 Å². The summed E-state index contributed by atoms with van der Waals surface area (Å²) in [4.78, 5) is 14.9. The van der Waals surface area contributed by atoms with Gasteiger partial charge in [0.1, 0.15) is 0 Å². The van der Waals surface area contributed by atoms with E-state index in [1.165, 1.54) is 38.5 Å². The molecule has 4 nitrogen and oxygen atoms in total. The van der Waals surface area contributed by atoms with Crippen molar-refractivity contribution in [1.82, 2.24) is 10.2 Å². The van der Waals surface area contributed by atoms with Crippen molar-refractivity contribution in [2.75, 3.05) is 20.3 Å². The number of nitrogens with one attached hydrogen (secondary N) is 1. The lowest BCUT2D eigenvalue weighted by molar-refractivity contribution is -0.134. The molecule has 3 rings (SSSR count). The maximum Gasteiger partial charge on any atom is 0.244 e. The van der Waals surface area contributed by atoms with E-state index in [9.17, 15) is 4.79 Å². The molecule has 1 saturated heterocycles. The Morgan fingerprint density at radius 1 is 1.26 bits per heavy atom. The SMILES string of the molecule is COCCN1C(=O)C2(CCCC2)NC1C1CCCC1. The van der Waals surface area contributed by atoms with Gasteiger partial charge in [-0.1, -0.05) is 25.7 Å². The normalized spacial score (nSPS) is 30.9. The van der Waals surface area contributed by atoms with Crippen LogP contribution in [0.2, 0.25) is 0 Å². The van der Waals surface area contributed by atoms with Crippen molar-refractivity contribution in [2.45, 2.75) is 63.1 Å². The molecule has 1 N–H and O–H groups in total. The number of carbonyl (C=O) groups excluding carboxylic acids is 1. The Kier molecular flexibility index (Phi) is 3.81. The van der Waals surface area contributed by atoms with Gasteiger partial charge in [0.25, 0.3) is 0 Å². The van der Waals surface area contributed by atoms with Crippen molar-refractivity contribution in [3.63, 3.8) is 0 Å². The lowest BCUT2D eigenvalue weighted by atomic mass is 9.97. The molecule has 3 aliphatic rings. The number of amides is 1. The van der Waals surface area contributed by atoms with E-state index in [1.54, 1.807) is 7.11 Å². The van der Waals surface area contributed by atoms with Crippen LogP contribution in [0.1, 0.15) is 51.4 Å². The summed E-state index contributed by atoms with van der Waals surface area (Å²) in [7, 11) is 1.71. The summed E-state index contributed by atoms with van der Waals surface area (Å²) < 4.78 is 5.19. The maximum atomic E-state index is 12.8. The highest BCUT2D eigenvalue weighted by Crippen LogP contribution is 2.40. The minimum Gasteiger partial charge on any atom is -0.383 e. The highest BCUT2D eigenvalue weighted by atomic mass is 16.5. The zero-order valence-corrected chi connectivity index (χ0v) is 12.0. The summed E-state index contributed by atoms with van der Waals surface area (Å²) in [6.45, 7) is 1.39. The van der Waals surface area contributed by atoms with Gasteiger partial charge < -0.3 is 9.64 Å².